The van der Waals surface area contributed by atoms with E-state index in [0.29, 0.717) is 18.9 Å². The molecule has 0 bridgehead atoms. The first kappa shape index (κ1) is 18.2. The van der Waals surface area contributed by atoms with Crippen LogP contribution in [0.4, 0.5) is 0 Å². The minimum absolute atomic E-state index is 0.0290. The fourth-order valence-electron chi connectivity index (χ4n) is 2.05. The van der Waals surface area contributed by atoms with Gasteiger partial charge in [-0.3, -0.25) is 4.79 Å². The standard InChI is InChI=1S/C19H23NO3S/c1-15-6-8-16(9-7-15)13-24-14-19(21)20-10-11-23-18-5-3-4-17(12-18)22-2/h3-9,12H,10-11,13-14H2,1-2H3,(H,20,21). The van der Waals surface area contributed by atoms with E-state index >= 15 is 0 Å². The molecule has 2 rings (SSSR count). The molecular weight excluding hydrogens is 322 g/mol. The van der Waals surface area contributed by atoms with E-state index in [4.69, 9.17) is 9.47 Å². The fraction of sp³-hybridized carbons (Fsp3) is 0.316. The minimum Gasteiger partial charge on any atom is -0.497 e. The number of hydrogen-bond donors (Lipinski definition) is 1. The minimum atomic E-state index is 0.0290. The lowest BCUT2D eigenvalue weighted by atomic mass is 10.2. The van der Waals surface area contributed by atoms with Crippen molar-refractivity contribution in [3.63, 3.8) is 0 Å². The summed E-state index contributed by atoms with van der Waals surface area (Å²) in [5.74, 6) is 2.81. The summed E-state index contributed by atoms with van der Waals surface area (Å²) in [6, 6.07) is 15.8. The van der Waals surface area contributed by atoms with Crippen molar-refractivity contribution in [2.45, 2.75) is 12.7 Å². The number of ether oxygens (including phenoxy) is 2. The molecule has 4 nitrogen and oxygen atoms in total. The summed E-state index contributed by atoms with van der Waals surface area (Å²) in [6.45, 7) is 2.99. The van der Waals surface area contributed by atoms with Crippen LogP contribution in [0.25, 0.3) is 0 Å². The SMILES string of the molecule is COc1cccc(OCCNC(=O)CSCc2ccc(C)cc2)c1. The van der Waals surface area contributed by atoms with Gasteiger partial charge in [-0.05, 0) is 24.6 Å². The quantitative estimate of drug-likeness (QED) is 0.707. The number of carbonyl (C=O) groups is 1. The first-order chi connectivity index (χ1) is 11.7. The Morgan fingerprint density at radius 1 is 1.12 bits per heavy atom. The van der Waals surface area contributed by atoms with E-state index in [0.717, 1.165) is 17.3 Å². The van der Waals surface area contributed by atoms with Crippen molar-refractivity contribution in [2.24, 2.45) is 0 Å². The van der Waals surface area contributed by atoms with E-state index < -0.39 is 0 Å². The summed E-state index contributed by atoms with van der Waals surface area (Å²) in [6.07, 6.45) is 0. The predicted octanol–water partition coefficient (Wildman–Crippen LogP) is 3.43. The molecule has 0 atom stereocenters. The zero-order chi connectivity index (χ0) is 17.2. The zero-order valence-electron chi connectivity index (χ0n) is 14.1. The van der Waals surface area contributed by atoms with Crippen molar-refractivity contribution in [3.05, 3.63) is 59.7 Å². The molecule has 0 aliphatic heterocycles. The van der Waals surface area contributed by atoms with Gasteiger partial charge in [0.05, 0.1) is 19.4 Å². The average molecular weight is 345 g/mol. The second kappa shape index (κ2) is 9.88. The van der Waals surface area contributed by atoms with Gasteiger partial charge in [-0.25, -0.2) is 0 Å². The molecule has 0 aromatic heterocycles. The van der Waals surface area contributed by atoms with E-state index in [9.17, 15) is 4.79 Å². The van der Waals surface area contributed by atoms with Crippen molar-refractivity contribution in [2.75, 3.05) is 26.0 Å². The molecule has 0 saturated heterocycles. The monoisotopic (exact) mass is 345 g/mol. The third-order valence-electron chi connectivity index (χ3n) is 3.36. The van der Waals surface area contributed by atoms with Crippen molar-refractivity contribution in [1.29, 1.82) is 0 Å². The van der Waals surface area contributed by atoms with Gasteiger partial charge in [-0.1, -0.05) is 35.9 Å². The molecule has 1 amide bonds. The number of hydrogen-bond acceptors (Lipinski definition) is 4. The largest absolute Gasteiger partial charge is 0.497 e. The van der Waals surface area contributed by atoms with Crippen LogP contribution in [0.5, 0.6) is 11.5 Å². The molecule has 0 aliphatic carbocycles. The molecular formula is C19H23NO3S. The topological polar surface area (TPSA) is 47.6 Å². The average Bonchev–Trinajstić information content (AvgIpc) is 2.61. The number of amides is 1. The summed E-state index contributed by atoms with van der Waals surface area (Å²) in [5, 5.41) is 2.86. The Hall–Kier alpha value is -2.14. The lowest BCUT2D eigenvalue weighted by Crippen LogP contribution is -2.29. The van der Waals surface area contributed by atoms with Gasteiger partial charge in [0.1, 0.15) is 18.1 Å². The van der Waals surface area contributed by atoms with Crippen molar-refractivity contribution in [1.82, 2.24) is 5.32 Å². The predicted molar refractivity (Wildman–Crippen MR) is 98.8 cm³/mol. The molecule has 0 unspecified atom stereocenters. The highest BCUT2D eigenvalue weighted by Crippen LogP contribution is 2.18. The van der Waals surface area contributed by atoms with Crippen LogP contribution in [0.2, 0.25) is 0 Å². The smallest absolute Gasteiger partial charge is 0.230 e. The van der Waals surface area contributed by atoms with E-state index in [1.54, 1.807) is 18.9 Å². The summed E-state index contributed by atoms with van der Waals surface area (Å²) in [7, 11) is 1.62. The van der Waals surface area contributed by atoms with Crippen molar-refractivity contribution >= 4 is 17.7 Å². The molecule has 0 saturated carbocycles. The lowest BCUT2D eigenvalue weighted by Gasteiger charge is -2.09. The Kier molecular flexibility index (Phi) is 7.49. The Morgan fingerprint density at radius 2 is 1.88 bits per heavy atom. The van der Waals surface area contributed by atoms with Gasteiger partial charge in [-0.15, -0.1) is 11.8 Å². The van der Waals surface area contributed by atoms with E-state index in [2.05, 4.69) is 36.5 Å². The van der Waals surface area contributed by atoms with Gasteiger partial charge in [0, 0.05) is 11.8 Å². The van der Waals surface area contributed by atoms with E-state index in [1.807, 2.05) is 24.3 Å². The van der Waals surface area contributed by atoms with Gasteiger partial charge in [0.15, 0.2) is 0 Å². The second-order valence-corrected chi connectivity index (χ2v) is 6.34. The molecule has 2 aromatic carbocycles. The number of thioether (sulfide) groups is 1. The lowest BCUT2D eigenvalue weighted by molar-refractivity contribution is -0.118. The fourth-order valence-corrected chi connectivity index (χ4v) is 2.86. The van der Waals surface area contributed by atoms with Crippen LogP contribution in [0, 0.1) is 6.92 Å². The molecule has 2 aromatic rings. The number of aryl methyl sites for hydroxylation is 1. The third-order valence-corrected chi connectivity index (χ3v) is 4.36. The molecule has 5 heteroatoms. The maximum absolute atomic E-state index is 11.8. The van der Waals surface area contributed by atoms with Gasteiger partial charge < -0.3 is 14.8 Å². The first-order valence-corrected chi connectivity index (χ1v) is 8.99. The number of nitrogens with one attached hydrogen (secondary N) is 1. The van der Waals surface area contributed by atoms with Gasteiger partial charge in [-0.2, -0.15) is 0 Å². The summed E-state index contributed by atoms with van der Waals surface area (Å²) >= 11 is 1.61. The zero-order valence-corrected chi connectivity index (χ0v) is 14.9. The summed E-state index contributed by atoms with van der Waals surface area (Å²) in [5.41, 5.74) is 2.48. The number of carbonyl (C=O) groups excluding carboxylic acids is 1. The Labute approximate surface area is 147 Å². The second-order valence-electron chi connectivity index (χ2n) is 5.36. The normalized spacial score (nSPS) is 10.2. The maximum Gasteiger partial charge on any atom is 0.230 e. The van der Waals surface area contributed by atoms with Crippen LogP contribution in [0.15, 0.2) is 48.5 Å². The van der Waals surface area contributed by atoms with E-state index in [1.165, 1.54) is 11.1 Å². The van der Waals surface area contributed by atoms with Gasteiger partial charge in [0.25, 0.3) is 0 Å². The first-order valence-electron chi connectivity index (χ1n) is 7.84. The van der Waals surface area contributed by atoms with Crippen molar-refractivity contribution < 1.29 is 14.3 Å². The van der Waals surface area contributed by atoms with Crippen molar-refractivity contribution in [3.8, 4) is 11.5 Å². The number of rotatable bonds is 9. The molecule has 0 aliphatic rings. The molecule has 128 valence electrons. The van der Waals surface area contributed by atoms with E-state index in [-0.39, 0.29) is 5.91 Å². The summed E-state index contributed by atoms with van der Waals surface area (Å²) in [4.78, 5) is 11.8. The van der Waals surface area contributed by atoms with Crippen LogP contribution in [0.3, 0.4) is 0 Å². The maximum atomic E-state index is 11.8. The Morgan fingerprint density at radius 3 is 2.62 bits per heavy atom. The van der Waals surface area contributed by atoms with Crippen LogP contribution in [0.1, 0.15) is 11.1 Å². The molecule has 24 heavy (non-hydrogen) atoms. The molecule has 0 fully saturated rings. The van der Waals surface area contributed by atoms with Gasteiger partial charge in [0.2, 0.25) is 5.91 Å². The number of benzene rings is 2. The number of methoxy groups -OCH3 is 1. The summed E-state index contributed by atoms with van der Waals surface area (Å²) < 4.78 is 10.7. The highest BCUT2D eigenvalue weighted by atomic mass is 32.2. The van der Waals surface area contributed by atoms with Crippen LogP contribution in [-0.4, -0.2) is 31.9 Å². The molecule has 0 heterocycles. The van der Waals surface area contributed by atoms with Crippen LogP contribution < -0.4 is 14.8 Å². The molecule has 0 spiro atoms. The van der Waals surface area contributed by atoms with Crippen LogP contribution >= 0.6 is 11.8 Å². The molecule has 0 radical (unpaired) electrons. The third kappa shape index (κ3) is 6.54. The Bertz CT molecular complexity index is 643. The highest BCUT2D eigenvalue weighted by molar-refractivity contribution is 7.99. The molecule has 1 N–H and O–H groups in total. The van der Waals surface area contributed by atoms with Gasteiger partial charge >= 0.3 is 0 Å². The Balaban J connectivity index is 1.58. The van der Waals surface area contributed by atoms with Crippen LogP contribution in [-0.2, 0) is 10.5 Å². The highest BCUT2D eigenvalue weighted by Gasteiger charge is 2.02.